The number of hydrogen-bond acceptors (Lipinski definition) is 4. The Hall–Kier alpha value is -0.450. The summed E-state index contributed by atoms with van der Waals surface area (Å²) in [5.41, 5.74) is 7.56. The molecule has 1 fully saturated rings. The molecule has 3 nitrogen and oxygen atoms in total. The molecule has 1 unspecified atom stereocenters. The number of hydrogen-bond donors (Lipinski definition) is 1. The molecule has 4 heteroatoms. The van der Waals surface area contributed by atoms with E-state index in [2.05, 4.69) is 32.6 Å². The summed E-state index contributed by atoms with van der Waals surface area (Å²) in [5, 5.41) is 1.13. The van der Waals surface area contributed by atoms with Gasteiger partial charge in [-0.2, -0.15) is 0 Å². The maximum absolute atomic E-state index is 6.55. The normalized spacial score (nSPS) is 26.0. The molecule has 17 heavy (non-hydrogen) atoms. The zero-order valence-electron chi connectivity index (χ0n) is 11.3. The van der Waals surface area contributed by atoms with Crippen LogP contribution in [0.4, 0.5) is 0 Å². The van der Waals surface area contributed by atoms with Gasteiger partial charge in [-0.3, -0.25) is 4.90 Å². The van der Waals surface area contributed by atoms with Crippen molar-refractivity contribution in [3.8, 4) is 0 Å². The Labute approximate surface area is 108 Å². The number of likely N-dealkylation sites (tertiary alicyclic amines) is 1. The number of nitrogens with two attached hydrogens (primary N) is 1. The zero-order valence-corrected chi connectivity index (χ0v) is 12.1. The minimum absolute atomic E-state index is 0.215. The standard InChI is InChI=1S/C13H23N3S/c1-5-11-10(4)17-12(15-11)13(14)6-7-16(8-13)9(2)3/h9H,5-8,14H2,1-4H3. The van der Waals surface area contributed by atoms with Crippen LogP contribution < -0.4 is 5.73 Å². The number of aryl methyl sites for hydroxylation is 2. The molecule has 1 aliphatic heterocycles. The first kappa shape index (κ1) is 13.0. The van der Waals surface area contributed by atoms with Gasteiger partial charge in [0.05, 0.1) is 11.2 Å². The quantitative estimate of drug-likeness (QED) is 0.898. The van der Waals surface area contributed by atoms with Crippen LogP contribution in [-0.4, -0.2) is 29.0 Å². The maximum Gasteiger partial charge on any atom is 0.114 e. The van der Waals surface area contributed by atoms with Gasteiger partial charge in [0.2, 0.25) is 0 Å². The third-order valence-electron chi connectivity index (χ3n) is 3.71. The molecule has 2 rings (SSSR count). The summed E-state index contributed by atoms with van der Waals surface area (Å²) in [5.74, 6) is 0. The van der Waals surface area contributed by atoms with Gasteiger partial charge in [0, 0.05) is 24.0 Å². The molecule has 0 amide bonds. The molecule has 2 heterocycles. The molecule has 1 aliphatic rings. The highest BCUT2D eigenvalue weighted by Crippen LogP contribution is 2.34. The average Bonchev–Trinajstić information content (AvgIpc) is 2.83. The lowest BCUT2D eigenvalue weighted by Crippen LogP contribution is -2.41. The summed E-state index contributed by atoms with van der Waals surface area (Å²) in [4.78, 5) is 8.52. The minimum Gasteiger partial charge on any atom is -0.318 e. The number of nitrogens with zero attached hydrogens (tertiary/aromatic N) is 2. The van der Waals surface area contributed by atoms with E-state index < -0.39 is 0 Å². The van der Waals surface area contributed by atoms with Crippen LogP contribution in [0.1, 0.15) is 42.8 Å². The third kappa shape index (κ3) is 2.39. The van der Waals surface area contributed by atoms with E-state index in [1.807, 2.05) is 0 Å². The molecule has 1 aromatic heterocycles. The van der Waals surface area contributed by atoms with Crippen LogP contribution in [0.25, 0.3) is 0 Å². The molecular formula is C13H23N3S. The van der Waals surface area contributed by atoms with Gasteiger partial charge in [-0.25, -0.2) is 4.98 Å². The number of thiazole rings is 1. The fourth-order valence-electron chi connectivity index (χ4n) is 2.45. The van der Waals surface area contributed by atoms with E-state index in [1.165, 1.54) is 10.6 Å². The lowest BCUT2D eigenvalue weighted by Gasteiger charge is -2.24. The molecule has 96 valence electrons. The summed E-state index contributed by atoms with van der Waals surface area (Å²) < 4.78 is 0. The van der Waals surface area contributed by atoms with Crippen molar-refractivity contribution < 1.29 is 0 Å². The van der Waals surface area contributed by atoms with Crippen LogP contribution in [0.15, 0.2) is 0 Å². The first-order valence-electron chi connectivity index (χ1n) is 6.46. The molecule has 1 aromatic rings. The Kier molecular flexibility index (Phi) is 3.57. The van der Waals surface area contributed by atoms with Crippen LogP contribution in [0.2, 0.25) is 0 Å². The minimum atomic E-state index is -0.215. The van der Waals surface area contributed by atoms with Crippen molar-refractivity contribution in [3.63, 3.8) is 0 Å². The summed E-state index contributed by atoms with van der Waals surface area (Å²) in [7, 11) is 0. The van der Waals surface area contributed by atoms with Gasteiger partial charge < -0.3 is 5.73 Å². The molecule has 0 saturated carbocycles. The highest BCUT2D eigenvalue weighted by molar-refractivity contribution is 7.11. The van der Waals surface area contributed by atoms with Gasteiger partial charge in [0.1, 0.15) is 5.01 Å². The van der Waals surface area contributed by atoms with Crippen LogP contribution in [0, 0.1) is 6.92 Å². The van der Waals surface area contributed by atoms with Gasteiger partial charge in [0.25, 0.3) is 0 Å². The fraction of sp³-hybridized carbons (Fsp3) is 0.769. The summed E-state index contributed by atoms with van der Waals surface area (Å²) in [6.07, 6.45) is 2.04. The Morgan fingerprint density at radius 3 is 2.71 bits per heavy atom. The molecule has 2 N–H and O–H groups in total. The van der Waals surface area contributed by atoms with Crippen molar-refractivity contribution in [3.05, 3.63) is 15.6 Å². The summed E-state index contributed by atoms with van der Waals surface area (Å²) in [6.45, 7) is 10.8. The lowest BCUT2D eigenvalue weighted by molar-refractivity contribution is 0.257. The number of aromatic nitrogens is 1. The van der Waals surface area contributed by atoms with E-state index in [1.54, 1.807) is 11.3 Å². The monoisotopic (exact) mass is 253 g/mol. The largest absolute Gasteiger partial charge is 0.318 e. The van der Waals surface area contributed by atoms with Crippen molar-refractivity contribution in [2.75, 3.05) is 13.1 Å². The molecule has 1 saturated heterocycles. The average molecular weight is 253 g/mol. The van der Waals surface area contributed by atoms with Crippen molar-refractivity contribution in [2.24, 2.45) is 5.73 Å². The zero-order chi connectivity index (χ0) is 12.6. The van der Waals surface area contributed by atoms with E-state index >= 15 is 0 Å². The second-order valence-corrected chi connectivity index (χ2v) is 6.55. The Bertz CT molecular complexity index is 399. The van der Waals surface area contributed by atoms with Crippen molar-refractivity contribution >= 4 is 11.3 Å². The molecule has 0 radical (unpaired) electrons. The molecular weight excluding hydrogens is 230 g/mol. The van der Waals surface area contributed by atoms with Crippen LogP contribution >= 0.6 is 11.3 Å². The van der Waals surface area contributed by atoms with E-state index in [0.29, 0.717) is 6.04 Å². The predicted octanol–water partition coefficient (Wildman–Crippen LogP) is 2.28. The van der Waals surface area contributed by atoms with Gasteiger partial charge >= 0.3 is 0 Å². The van der Waals surface area contributed by atoms with E-state index in [4.69, 9.17) is 10.7 Å². The smallest absolute Gasteiger partial charge is 0.114 e. The van der Waals surface area contributed by atoms with E-state index in [-0.39, 0.29) is 5.54 Å². The highest BCUT2D eigenvalue weighted by atomic mass is 32.1. The topological polar surface area (TPSA) is 42.1 Å². The molecule has 0 aromatic carbocycles. The Balaban J connectivity index is 2.21. The second kappa shape index (κ2) is 4.67. The molecule has 1 atom stereocenters. The van der Waals surface area contributed by atoms with Gasteiger partial charge in [-0.15, -0.1) is 11.3 Å². The van der Waals surface area contributed by atoms with E-state index in [9.17, 15) is 0 Å². The Morgan fingerprint density at radius 2 is 2.24 bits per heavy atom. The summed E-state index contributed by atoms with van der Waals surface area (Å²) >= 11 is 1.79. The third-order valence-corrected chi connectivity index (χ3v) is 4.95. The van der Waals surface area contributed by atoms with Crippen LogP contribution in [0.5, 0.6) is 0 Å². The second-order valence-electron chi connectivity index (χ2n) is 5.35. The lowest BCUT2D eigenvalue weighted by atomic mass is 10.0. The molecule has 0 spiro atoms. The van der Waals surface area contributed by atoms with Gasteiger partial charge in [-0.05, 0) is 33.6 Å². The predicted molar refractivity (Wildman–Crippen MR) is 73.4 cm³/mol. The Morgan fingerprint density at radius 1 is 1.53 bits per heavy atom. The fourth-order valence-corrected chi connectivity index (χ4v) is 3.57. The van der Waals surface area contributed by atoms with Crippen LogP contribution in [-0.2, 0) is 12.0 Å². The van der Waals surface area contributed by atoms with Crippen molar-refractivity contribution in [1.29, 1.82) is 0 Å². The number of rotatable bonds is 3. The van der Waals surface area contributed by atoms with Gasteiger partial charge in [-0.1, -0.05) is 6.92 Å². The maximum atomic E-state index is 6.55. The molecule has 0 bridgehead atoms. The SMILES string of the molecule is CCc1nc(C2(N)CCN(C(C)C)C2)sc1C. The van der Waals surface area contributed by atoms with Crippen molar-refractivity contribution in [2.45, 2.75) is 52.1 Å². The van der Waals surface area contributed by atoms with E-state index in [0.717, 1.165) is 30.9 Å². The highest BCUT2D eigenvalue weighted by Gasteiger charge is 2.39. The van der Waals surface area contributed by atoms with Gasteiger partial charge in [0.15, 0.2) is 0 Å². The first-order chi connectivity index (χ1) is 7.96. The summed E-state index contributed by atoms with van der Waals surface area (Å²) in [6, 6.07) is 0.576. The van der Waals surface area contributed by atoms with Crippen LogP contribution in [0.3, 0.4) is 0 Å². The molecule has 0 aliphatic carbocycles. The first-order valence-corrected chi connectivity index (χ1v) is 7.27. The van der Waals surface area contributed by atoms with Crippen molar-refractivity contribution in [1.82, 2.24) is 9.88 Å².